The molecule has 0 aliphatic carbocycles. The summed E-state index contributed by atoms with van der Waals surface area (Å²) in [4.78, 5) is 14.9. The number of aryl methyl sites for hydroxylation is 1. The second kappa shape index (κ2) is 5.85. The van der Waals surface area contributed by atoms with E-state index in [0.717, 1.165) is 20.6 Å². The molecule has 7 heteroatoms. The van der Waals surface area contributed by atoms with Crippen LogP contribution in [-0.4, -0.2) is 27.6 Å². The molecule has 0 unspecified atom stereocenters. The maximum Gasteiger partial charge on any atom is 0.244 e. The minimum Gasteiger partial charge on any atom is -0.396 e. The lowest BCUT2D eigenvalue weighted by Gasteiger charge is -2.16. The average molecular weight is 313 g/mol. The van der Waals surface area contributed by atoms with Crippen molar-refractivity contribution in [2.45, 2.75) is 26.9 Å². The van der Waals surface area contributed by atoms with Crippen molar-refractivity contribution in [2.24, 2.45) is 0 Å². The van der Waals surface area contributed by atoms with Crippen LogP contribution in [-0.2, 0) is 17.9 Å². The van der Waals surface area contributed by atoms with Gasteiger partial charge in [-0.1, -0.05) is 11.6 Å². The predicted octanol–water partition coefficient (Wildman–Crippen LogP) is 2.46. The molecule has 1 amide bonds. The summed E-state index contributed by atoms with van der Waals surface area (Å²) in [6.07, 6.45) is 0. The van der Waals surface area contributed by atoms with Crippen molar-refractivity contribution in [1.29, 1.82) is 0 Å². The average Bonchev–Trinajstić information content (AvgIpc) is 2.89. The zero-order valence-corrected chi connectivity index (χ0v) is 13.3. The van der Waals surface area contributed by atoms with Crippen molar-refractivity contribution >= 4 is 34.5 Å². The van der Waals surface area contributed by atoms with E-state index in [1.54, 1.807) is 16.6 Å². The number of nitrogens with zero attached hydrogens (tertiary/aromatic N) is 3. The maximum atomic E-state index is 12.2. The van der Waals surface area contributed by atoms with E-state index in [0.29, 0.717) is 12.2 Å². The van der Waals surface area contributed by atoms with Gasteiger partial charge in [0.25, 0.3) is 0 Å². The molecule has 108 valence electrons. The third-order valence-corrected chi connectivity index (χ3v) is 4.39. The zero-order valence-electron chi connectivity index (χ0n) is 11.7. The molecule has 0 aromatic carbocycles. The van der Waals surface area contributed by atoms with Crippen LogP contribution in [0, 0.1) is 13.8 Å². The summed E-state index contributed by atoms with van der Waals surface area (Å²) < 4.78 is 2.37. The Balaban J connectivity index is 2.02. The molecule has 2 N–H and O–H groups in total. The maximum absolute atomic E-state index is 12.2. The molecule has 0 atom stereocenters. The zero-order chi connectivity index (χ0) is 14.9. The first kappa shape index (κ1) is 14.9. The summed E-state index contributed by atoms with van der Waals surface area (Å²) in [6.45, 7) is 4.44. The summed E-state index contributed by atoms with van der Waals surface area (Å²) in [5.41, 5.74) is 8.08. The van der Waals surface area contributed by atoms with Gasteiger partial charge in [-0.15, -0.1) is 11.3 Å². The molecule has 0 aliphatic rings. The van der Waals surface area contributed by atoms with E-state index in [4.69, 9.17) is 17.3 Å². The van der Waals surface area contributed by atoms with Crippen molar-refractivity contribution in [3.63, 3.8) is 0 Å². The first-order valence-electron chi connectivity index (χ1n) is 6.16. The van der Waals surface area contributed by atoms with Gasteiger partial charge in [0, 0.05) is 11.9 Å². The quantitative estimate of drug-likeness (QED) is 0.943. The van der Waals surface area contributed by atoms with Gasteiger partial charge in [0.15, 0.2) is 0 Å². The van der Waals surface area contributed by atoms with E-state index >= 15 is 0 Å². The Morgan fingerprint density at radius 2 is 2.20 bits per heavy atom. The standard InChI is InChI=1S/C13H17ClN4OS/c1-8-13(15)9(2)18(16-8)7-12(19)17(3)6-10-4-5-11(14)20-10/h4-5H,6-7,15H2,1-3H3. The van der Waals surface area contributed by atoms with Crippen LogP contribution in [0.5, 0.6) is 0 Å². The number of nitrogens with two attached hydrogens (primary N) is 1. The highest BCUT2D eigenvalue weighted by molar-refractivity contribution is 7.16. The van der Waals surface area contributed by atoms with Crippen molar-refractivity contribution in [3.8, 4) is 0 Å². The van der Waals surface area contributed by atoms with Gasteiger partial charge in [0.1, 0.15) is 6.54 Å². The number of likely N-dealkylation sites (N-methyl/N-ethyl adjacent to an activating group) is 1. The molecular weight excluding hydrogens is 296 g/mol. The highest BCUT2D eigenvalue weighted by Crippen LogP contribution is 2.22. The van der Waals surface area contributed by atoms with E-state index in [1.165, 1.54) is 11.3 Å². The summed E-state index contributed by atoms with van der Waals surface area (Å²) in [5.74, 6) is -0.0138. The molecule has 0 bridgehead atoms. The fraction of sp³-hybridized carbons (Fsp3) is 0.385. The number of amides is 1. The lowest BCUT2D eigenvalue weighted by Crippen LogP contribution is -2.30. The lowest BCUT2D eigenvalue weighted by molar-refractivity contribution is -0.131. The number of aromatic nitrogens is 2. The van der Waals surface area contributed by atoms with Crippen LogP contribution in [0.4, 0.5) is 5.69 Å². The molecule has 20 heavy (non-hydrogen) atoms. The van der Waals surface area contributed by atoms with Gasteiger partial charge in [-0.05, 0) is 26.0 Å². The van der Waals surface area contributed by atoms with Gasteiger partial charge in [0.2, 0.25) is 5.91 Å². The SMILES string of the molecule is Cc1nn(CC(=O)N(C)Cc2ccc(Cl)s2)c(C)c1N. The van der Waals surface area contributed by atoms with E-state index in [2.05, 4.69) is 5.10 Å². The normalized spacial score (nSPS) is 10.8. The van der Waals surface area contributed by atoms with Crippen molar-refractivity contribution < 1.29 is 4.79 Å². The number of rotatable bonds is 4. The monoisotopic (exact) mass is 312 g/mol. The Morgan fingerprint density at radius 1 is 1.50 bits per heavy atom. The van der Waals surface area contributed by atoms with Crippen LogP contribution >= 0.6 is 22.9 Å². The van der Waals surface area contributed by atoms with Crippen LogP contribution in [0.2, 0.25) is 4.34 Å². The smallest absolute Gasteiger partial charge is 0.244 e. The number of halogens is 1. The first-order valence-corrected chi connectivity index (χ1v) is 7.35. The van der Waals surface area contributed by atoms with E-state index in [-0.39, 0.29) is 12.5 Å². The fourth-order valence-corrected chi connectivity index (χ4v) is 3.01. The summed E-state index contributed by atoms with van der Waals surface area (Å²) in [6, 6.07) is 3.76. The number of thiophene rings is 1. The van der Waals surface area contributed by atoms with E-state index < -0.39 is 0 Å². The van der Waals surface area contributed by atoms with E-state index in [9.17, 15) is 4.79 Å². The third kappa shape index (κ3) is 3.13. The number of nitrogen functional groups attached to an aromatic ring is 1. The third-order valence-electron chi connectivity index (χ3n) is 3.17. The molecule has 5 nitrogen and oxygen atoms in total. The number of anilines is 1. The Kier molecular flexibility index (Phi) is 4.35. The summed E-state index contributed by atoms with van der Waals surface area (Å²) in [5, 5.41) is 4.27. The van der Waals surface area contributed by atoms with Gasteiger partial charge in [-0.3, -0.25) is 9.48 Å². The van der Waals surface area contributed by atoms with Gasteiger partial charge >= 0.3 is 0 Å². The molecule has 2 heterocycles. The van der Waals surface area contributed by atoms with Crippen molar-refractivity contribution in [3.05, 3.63) is 32.7 Å². The second-order valence-electron chi connectivity index (χ2n) is 4.70. The first-order chi connectivity index (χ1) is 9.38. The Labute approximate surface area is 126 Å². The van der Waals surface area contributed by atoms with Gasteiger partial charge in [-0.2, -0.15) is 5.10 Å². The Bertz CT molecular complexity index is 634. The number of hydrogen-bond acceptors (Lipinski definition) is 4. The summed E-state index contributed by atoms with van der Waals surface area (Å²) in [7, 11) is 1.77. The molecule has 0 aliphatic heterocycles. The molecular formula is C13H17ClN4OS. The Morgan fingerprint density at radius 3 is 2.70 bits per heavy atom. The number of hydrogen-bond donors (Lipinski definition) is 1. The minimum atomic E-state index is -0.0138. The van der Waals surface area contributed by atoms with E-state index in [1.807, 2.05) is 26.0 Å². The topological polar surface area (TPSA) is 64.2 Å². The number of carbonyl (C=O) groups excluding carboxylic acids is 1. The highest BCUT2D eigenvalue weighted by Gasteiger charge is 2.15. The predicted molar refractivity (Wildman–Crippen MR) is 81.9 cm³/mol. The lowest BCUT2D eigenvalue weighted by atomic mass is 10.3. The largest absolute Gasteiger partial charge is 0.396 e. The molecule has 0 saturated carbocycles. The fourth-order valence-electron chi connectivity index (χ4n) is 1.87. The minimum absolute atomic E-state index is 0.0138. The molecule has 0 fully saturated rings. The van der Waals surface area contributed by atoms with Crippen LogP contribution in [0.3, 0.4) is 0 Å². The molecule has 0 saturated heterocycles. The van der Waals surface area contributed by atoms with Crippen molar-refractivity contribution in [1.82, 2.24) is 14.7 Å². The van der Waals surface area contributed by atoms with Gasteiger partial charge in [-0.25, -0.2) is 0 Å². The van der Waals surface area contributed by atoms with Gasteiger partial charge in [0.05, 0.1) is 28.0 Å². The highest BCUT2D eigenvalue weighted by atomic mass is 35.5. The van der Waals surface area contributed by atoms with Crippen LogP contribution in [0.25, 0.3) is 0 Å². The van der Waals surface area contributed by atoms with Crippen molar-refractivity contribution in [2.75, 3.05) is 12.8 Å². The molecule has 2 rings (SSSR count). The Hall–Kier alpha value is -1.53. The molecule has 2 aromatic heterocycles. The van der Waals surface area contributed by atoms with Crippen LogP contribution in [0.15, 0.2) is 12.1 Å². The number of carbonyl (C=O) groups is 1. The molecule has 0 radical (unpaired) electrons. The molecule has 2 aromatic rings. The van der Waals surface area contributed by atoms with Crippen LogP contribution in [0.1, 0.15) is 16.3 Å². The second-order valence-corrected chi connectivity index (χ2v) is 6.50. The van der Waals surface area contributed by atoms with Crippen LogP contribution < -0.4 is 5.73 Å². The summed E-state index contributed by atoms with van der Waals surface area (Å²) >= 11 is 7.36. The van der Waals surface area contributed by atoms with Gasteiger partial charge < -0.3 is 10.6 Å². The molecule has 0 spiro atoms.